The second kappa shape index (κ2) is 6.24. The number of aliphatic hydroxyl groups is 1. The lowest BCUT2D eigenvalue weighted by Crippen LogP contribution is -2.22. The summed E-state index contributed by atoms with van der Waals surface area (Å²) in [7, 11) is 0. The van der Waals surface area contributed by atoms with Crippen molar-refractivity contribution in [3.63, 3.8) is 0 Å². The van der Waals surface area contributed by atoms with Gasteiger partial charge in [0.15, 0.2) is 0 Å². The Morgan fingerprint density at radius 1 is 1.50 bits per heavy atom. The highest BCUT2D eigenvalue weighted by Crippen LogP contribution is 2.07. The van der Waals surface area contributed by atoms with E-state index in [0.717, 1.165) is 6.42 Å². The largest absolute Gasteiger partial charge is 0.391 e. The summed E-state index contributed by atoms with van der Waals surface area (Å²) in [6.45, 7) is 4.62. The van der Waals surface area contributed by atoms with Crippen LogP contribution in [0.2, 0.25) is 0 Å². The minimum Gasteiger partial charge on any atom is -0.391 e. The van der Waals surface area contributed by atoms with Crippen molar-refractivity contribution in [2.24, 2.45) is 11.8 Å². The smallest absolute Gasteiger partial charge is 0.239 e. The Kier molecular flexibility index (Phi) is 4.94. The maximum Gasteiger partial charge on any atom is 0.239 e. The number of hydrogen-bond acceptors (Lipinski definition) is 6. The second-order valence-corrected chi connectivity index (χ2v) is 4.07. The number of nitrogen functional groups attached to an aromatic ring is 1. The van der Waals surface area contributed by atoms with Crippen LogP contribution in [0.5, 0.6) is 0 Å². The van der Waals surface area contributed by atoms with E-state index in [1.54, 1.807) is 12.3 Å². The number of aromatic nitrogens is 2. The Balaban J connectivity index is 2.41. The highest BCUT2D eigenvalue weighted by Gasteiger charge is 2.07. The van der Waals surface area contributed by atoms with Crippen molar-refractivity contribution in [2.45, 2.75) is 26.4 Å². The van der Waals surface area contributed by atoms with Gasteiger partial charge in [0.05, 0.1) is 6.10 Å². The molecule has 1 aromatic rings. The first-order valence-corrected chi connectivity index (χ1v) is 5.33. The van der Waals surface area contributed by atoms with Gasteiger partial charge in [0.25, 0.3) is 0 Å². The van der Waals surface area contributed by atoms with E-state index in [2.05, 4.69) is 34.6 Å². The molecule has 0 aliphatic heterocycles. The molecule has 0 bridgehead atoms. The molecule has 0 aromatic carbocycles. The fourth-order valence-electron chi connectivity index (χ4n) is 1.38. The second-order valence-electron chi connectivity index (χ2n) is 4.07. The summed E-state index contributed by atoms with van der Waals surface area (Å²) in [6, 6.07) is 1.73. The summed E-state index contributed by atoms with van der Waals surface area (Å²) in [5, 5.41) is 12.7. The van der Waals surface area contributed by atoms with Gasteiger partial charge in [-0.2, -0.15) is 4.98 Å². The highest BCUT2D eigenvalue weighted by molar-refractivity contribution is 5.38. The minimum absolute atomic E-state index is 0.350. The van der Waals surface area contributed by atoms with Crippen molar-refractivity contribution in [1.82, 2.24) is 9.97 Å². The van der Waals surface area contributed by atoms with Crippen LogP contribution in [0, 0.1) is 5.92 Å². The number of aliphatic hydroxyl groups excluding tert-OH is 1. The molecule has 0 aliphatic rings. The van der Waals surface area contributed by atoms with Gasteiger partial charge in [0.1, 0.15) is 5.82 Å². The summed E-state index contributed by atoms with van der Waals surface area (Å²) in [4.78, 5) is 7.96. The molecule has 5 N–H and O–H groups in total. The zero-order valence-corrected chi connectivity index (χ0v) is 9.64. The van der Waals surface area contributed by atoms with Gasteiger partial charge >= 0.3 is 0 Å². The molecule has 1 aromatic heterocycles. The molecular weight excluding hydrogens is 206 g/mol. The van der Waals surface area contributed by atoms with Crippen LogP contribution in [0.15, 0.2) is 12.3 Å². The van der Waals surface area contributed by atoms with Crippen LogP contribution >= 0.6 is 0 Å². The van der Waals surface area contributed by atoms with Crippen LogP contribution in [0.25, 0.3) is 0 Å². The quantitative estimate of drug-likeness (QED) is 0.418. The molecule has 1 atom stereocenters. The fourth-order valence-corrected chi connectivity index (χ4v) is 1.38. The Morgan fingerprint density at radius 3 is 2.88 bits per heavy atom. The minimum atomic E-state index is -0.371. The van der Waals surface area contributed by atoms with E-state index in [9.17, 15) is 5.11 Å². The lowest BCUT2D eigenvalue weighted by molar-refractivity contribution is 0.161. The van der Waals surface area contributed by atoms with Gasteiger partial charge in [-0.3, -0.25) is 5.43 Å². The monoisotopic (exact) mass is 225 g/mol. The van der Waals surface area contributed by atoms with Gasteiger partial charge in [-0.05, 0) is 18.4 Å². The van der Waals surface area contributed by atoms with Gasteiger partial charge < -0.3 is 10.4 Å². The molecule has 1 heterocycles. The van der Waals surface area contributed by atoms with Crippen LogP contribution in [-0.4, -0.2) is 27.7 Å². The van der Waals surface area contributed by atoms with Crippen LogP contribution in [0.1, 0.15) is 20.3 Å². The third kappa shape index (κ3) is 4.41. The first-order chi connectivity index (χ1) is 7.61. The third-order valence-electron chi connectivity index (χ3n) is 2.05. The van der Waals surface area contributed by atoms with E-state index in [0.29, 0.717) is 24.2 Å². The average Bonchev–Trinajstić information content (AvgIpc) is 2.26. The van der Waals surface area contributed by atoms with Gasteiger partial charge in [0, 0.05) is 12.7 Å². The molecule has 0 saturated carbocycles. The normalized spacial score (nSPS) is 12.6. The number of hydrazine groups is 1. The highest BCUT2D eigenvalue weighted by atomic mass is 16.3. The van der Waals surface area contributed by atoms with Crippen LogP contribution in [0.3, 0.4) is 0 Å². The number of anilines is 2. The third-order valence-corrected chi connectivity index (χ3v) is 2.05. The van der Waals surface area contributed by atoms with E-state index in [1.165, 1.54) is 0 Å². The molecule has 1 rings (SSSR count). The van der Waals surface area contributed by atoms with E-state index >= 15 is 0 Å². The molecule has 6 heteroatoms. The Labute approximate surface area is 95.3 Å². The molecule has 0 radical (unpaired) electrons. The van der Waals surface area contributed by atoms with E-state index < -0.39 is 0 Å². The van der Waals surface area contributed by atoms with E-state index in [4.69, 9.17) is 5.84 Å². The summed E-state index contributed by atoms with van der Waals surface area (Å²) >= 11 is 0. The fraction of sp³-hybridized carbons (Fsp3) is 0.600. The average molecular weight is 225 g/mol. The van der Waals surface area contributed by atoms with Gasteiger partial charge in [0.2, 0.25) is 5.95 Å². The summed E-state index contributed by atoms with van der Waals surface area (Å²) in [5.41, 5.74) is 2.36. The SMILES string of the molecule is CC(C)CC(O)CNc1ccnc(NN)n1. The first-order valence-electron chi connectivity index (χ1n) is 5.33. The number of nitrogens with two attached hydrogens (primary N) is 1. The maximum atomic E-state index is 9.66. The standard InChI is InChI=1S/C10H19N5O/c1-7(2)5-8(16)6-13-9-3-4-12-10(14-9)15-11/h3-4,7-8,16H,5-6,11H2,1-2H3,(H2,12,13,14,15). The topological polar surface area (TPSA) is 96.1 Å². The molecule has 0 saturated heterocycles. The number of nitrogens with one attached hydrogen (secondary N) is 2. The Bertz CT molecular complexity index is 318. The predicted molar refractivity (Wildman–Crippen MR) is 63.8 cm³/mol. The van der Waals surface area contributed by atoms with Crippen molar-refractivity contribution in [3.8, 4) is 0 Å². The van der Waals surface area contributed by atoms with Crippen molar-refractivity contribution in [2.75, 3.05) is 17.3 Å². The molecule has 16 heavy (non-hydrogen) atoms. The van der Waals surface area contributed by atoms with Gasteiger partial charge in [-0.1, -0.05) is 13.8 Å². The predicted octanol–water partition coefficient (Wildman–Crippen LogP) is 0.581. The lowest BCUT2D eigenvalue weighted by atomic mass is 10.1. The van der Waals surface area contributed by atoms with Crippen LogP contribution in [0.4, 0.5) is 11.8 Å². The molecule has 1 unspecified atom stereocenters. The Morgan fingerprint density at radius 2 is 2.25 bits per heavy atom. The lowest BCUT2D eigenvalue weighted by Gasteiger charge is -2.14. The van der Waals surface area contributed by atoms with Crippen molar-refractivity contribution < 1.29 is 5.11 Å². The van der Waals surface area contributed by atoms with Crippen LogP contribution in [-0.2, 0) is 0 Å². The number of hydrogen-bond donors (Lipinski definition) is 4. The summed E-state index contributed by atoms with van der Waals surface area (Å²) < 4.78 is 0. The molecule has 0 amide bonds. The molecule has 0 aliphatic carbocycles. The van der Waals surface area contributed by atoms with E-state index in [1.807, 2.05) is 0 Å². The zero-order chi connectivity index (χ0) is 12.0. The van der Waals surface area contributed by atoms with Crippen molar-refractivity contribution >= 4 is 11.8 Å². The van der Waals surface area contributed by atoms with Crippen molar-refractivity contribution in [3.05, 3.63) is 12.3 Å². The summed E-state index contributed by atoms with van der Waals surface area (Å²) in [6.07, 6.45) is 1.99. The number of rotatable bonds is 6. The van der Waals surface area contributed by atoms with Gasteiger partial charge in [-0.25, -0.2) is 10.8 Å². The summed E-state index contributed by atoms with van der Waals surface area (Å²) in [5.74, 6) is 6.66. The molecule has 0 fully saturated rings. The van der Waals surface area contributed by atoms with Gasteiger partial charge in [-0.15, -0.1) is 0 Å². The zero-order valence-electron chi connectivity index (χ0n) is 9.64. The number of nitrogens with zero attached hydrogens (tertiary/aromatic N) is 2. The van der Waals surface area contributed by atoms with Crippen molar-refractivity contribution in [1.29, 1.82) is 0 Å². The molecule has 6 nitrogen and oxygen atoms in total. The van der Waals surface area contributed by atoms with E-state index in [-0.39, 0.29) is 6.10 Å². The first kappa shape index (κ1) is 12.7. The molecular formula is C10H19N5O. The molecule has 0 spiro atoms. The molecule has 90 valence electrons. The van der Waals surface area contributed by atoms with Crippen LogP contribution < -0.4 is 16.6 Å². The Hall–Kier alpha value is -1.40. The maximum absolute atomic E-state index is 9.66.